The average molecular weight is 250 g/mol. The van der Waals surface area contributed by atoms with Crippen molar-refractivity contribution in [3.63, 3.8) is 0 Å². The van der Waals surface area contributed by atoms with Crippen LogP contribution in [-0.4, -0.2) is 12.0 Å². The zero-order valence-electron chi connectivity index (χ0n) is 11.1. The van der Waals surface area contributed by atoms with Crippen LogP contribution in [0.25, 0.3) is 10.9 Å². The molecule has 1 aromatic heterocycles. The molecule has 0 unspecified atom stereocenters. The number of rotatable bonds is 4. The van der Waals surface area contributed by atoms with Gasteiger partial charge in [0, 0.05) is 18.3 Å². The van der Waals surface area contributed by atoms with Gasteiger partial charge in [0.05, 0.1) is 0 Å². The van der Waals surface area contributed by atoms with E-state index >= 15 is 0 Å². The van der Waals surface area contributed by atoms with Crippen LogP contribution in [0.1, 0.15) is 16.7 Å². The van der Waals surface area contributed by atoms with E-state index in [0.29, 0.717) is 0 Å². The maximum absolute atomic E-state index is 3.27. The number of H-pyrrole nitrogens is 1. The molecule has 0 aliphatic rings. The molecule has 0 aliphatic heterocycles. The monoisotopic (exact) mass is 250 g/mol. The van der Waals surface area contributed by atoms with Gasteiger partial charge in [0.2, 0.25) is 0 Å². The molecule has 3 rings (SSSR count). The summed E-state index contributed by atoms with van der Waals surface area (Å²) in [5, 5.41) is 4.50. The lowest BCUT2D eigenvalue weighted by Gasteiger charge is -2.09. The summed E-state index contributed by atoms with van der Waals surface area (Å²) in [4.78, 5) is 3.27. The van der Waals surface area contributed by atoms with Crippen LogP contribution < -0.4 is 5.32 Å². The van der Waals surface area contributed by atoms with Crippen molar-refractivity contribution in [1.29, 1.82) is 0 Å². The van der Waals surface area contributed by atoms with Crippen LogP contribution in [0.3, 0.4) is 0 Å². The van der Waals surface area contributed by atoms with Crippen LogP contribution in [0.2, 0.25) is 0 Å². The van der Waals surface area contributed by atoms with E-state index in [-0.39, 0.29) is 0 Å². The first kappa shape index (κ1) is 12.0. The molecule has 2 aromatic carbocycles. The molecule has 2 nitrogen and oxygen atoms in total. The Kier molecular flexibility index (Phi) is 3.34. The van der Waals surface area contributed by atoms with Gasteiger partial charge < -0.3 is 10.3 Å². The standard InChI is InChI=1S/C17H18N2/c1-18-12-16-5-3-2-4-15(16)10-13-6-7-14-8-9-19-17(14)11-13/h2-9,11,18-19H,10,12H2,1H3. The van der Waals surface area contributed by atoms with Gasteiger partial charge in [-0.2, -0.15) is 0 Å². The van der Waals surface area contributed by atoms with Gasteiger partial charge >= 0.3 is 0 Å². The highest BCUT2D eigenvalue weighted by molar-refractivity contribution is 5.79. The Morgan fingerprint density at radius 2 is 1.84 bits per heavy atom. The molecule has 19 heavy (non-hydrogen) atoms. The van der Waals surface area contributed by atoms with Crippen LogP contribution in [0.4, 0.5) is 0 Å². The van der Waals surface area contributed by atoms with Crippen LogP contribution in [-0.2, 0) is 13.0 Å². The SMILES string of the molecule is CNCc1ccccc1Cc1ccc2cc[nH]c2c1. The van der Waals surface area contributed by atoms with Gasteiger partial charge in [-0.1, -0.05) is 36.4 Å². The van der Waals surface area contributed by atoms with Crippen molar-refractivity contribution in [1.82, 2.24) is 10.3 Å². The van der Waals surface area contributed by atoms with E-state index in [2.05, 4.69) is 58.8 Å². The average Bonchev–Trinajstić information content (AvgIpc) is 2.89. The summed E-state index contributed by atoms with van der Waals surface area (Å²) in [6.07, 6.45) is 2.97. The quantitative estimate of drug-likeness (QED) is 0.729. The first-order valence-corrected chi connectivity index (χ1v) is 6.64. The molecule has 0 amide bonds. The van der Waals surface area contributed by atoms with Gasteiger partial charge in [-0.25, -0.2) is 0 Å². The van der Waals surface area contributed by atoms with Crippen LogP contribution in [0, 0.1) is 0 Å². The lowest BCUT2D eigenvalue weighted by atomic mass is 9.99. The molecule has 0 atom stereocenters. The van der Waals surface area contributed by atoms with E-state index in [1.165, 1.54) is 27.6 Å². The molecule has 0 aliphatic carbocycles. The first-order valence-electron chi connectivity index (χ1n) is 6.64. The molecule has 0 saturated carbocycles. The van der Waals surface area contributed by atoms with Crippen molar-refractivity contribution in [2.75, 3.05) is 7.05 Å². The molecule has 0 spiro atoms. The van der Waals surface area contributed by atoms with Crippen molar-refractivity contribution in [3.8, 4) is 0 Å². The Morgan fingerprint density at radius 1 is 1.00 bits per heavy atom. The Balaban J connectivity index is 1.91. The Morgan fingerprint density at radius 3 is 2.68 bits per heavy atom. The van der Waals surface area contributed by atoms with E-state index < -0.39 is 0 Å². The number of nitrogens with one attached hydrogen (secondary N) is 2. The largest absolute Gasteiger partial charge is 0.361 e. The number of hydrogen-bond donors (Lipinski definition) is 2. The van der Waals surface area contributed by atoms with Crippen molar-refractivity contribution in [2.24, 2.45) is 0 Å². The number of benzene rings is 2. The maximum Gasteiger partial charge on any atom is 0.0456 e. The molecule has 0 radical (unpaired) electrons. The highest BCUT2D eigenvalue weighted by Gasteiger charge is 2.03. The van der Waals surface area contributed by atoms with Crippen molar-refractivity contribution >= 4 is 10.9 Å². The summed E-state index contributed by atoms with van der Waals surface area (Å²) >= 11 is 0. The molecule has 1 heterocycles. The normalized spacial score (nSPS) is 11.0. The zero-order valence-corrected chi connectivity index (χ0v) is 11.1. The van der Waals surface area contributed by atoms with Crippen LogP contribution >= 0.6 is 0 Å². The van der Waals surface area contributed by atoms with Gasteiger partial charge in [0.15, 0.2) is 0 Å². The maximum atomic E-state index is 3.27. The summed E-state index contributed by atoms with van der Waals surface area (Å²) < 4.78 is 0. The molecule has 96 valence electrons. The fourth-order valence-electron chi connectivity index (χ4n) is 2.52. The fraction of sp³-hybridized carbons (Fsp3) is 0.176. The van der Waals surface area contributed by atoms with Crippen molar-refractivity contribution in [3.05, 3.63) is 71.4 Å². The molecular weight excluding hydrogens is 232 g/mol. The predicted octanol–water partition coefficient (Wildman–Crippen LogP) is 3.48. The van der Waals surface area contributed by atoms with Gasteiger partial charge in [-0.05, 0) is 47.7 Å². The topological polar surface area (TPSA) is 27.8 Å². The lowest BCUT2D eigenvalue weighted by molar-refractivity contribution is 0.808. The van der Waals surface area contributed by atoms with Gasteiger partial charge in [-0.3, -0.25) is 0 Å². The predicted molar refractivity (Wildman–Crippen MR) is 80.3 cm³/mol. The minimum Gasteiger partial charge on any atom is -0.361 e. The molecule has 2 heteroatoms. The highest BCUT2D eigenvalue weighted by Crippen LogP contribution is 2.19. The van der Waals surface area contributed by atoms with Crippen molar-refractivity contribution in [2.45, 2.75) is 13.0 Å². The molecule has 0 saturated heterocycles. The van der Waals surface area contributed by atoms with Crippen LogP contribution in [0.15, 0.2) is 54.7 Å². The molecular formula is C17H18N2. The third-order valence-corrected chi connectivity index (χ3v) is 3.50. The second-order valence-corrected chi connectivity index (χ2v) is 4.88. The smallest absolute Gasteiger partial charge is 0.0456 e. The molecule has 2 N–H and O–H groups in total. The Bertz CT molecular complexity index is 682. The highest BCUT2D eigenvalue weighted by atomic mass is 14.8. The molecule has 0 fully saturated rings. The lowest BCUT2D eigenvalue weighted by Crippen LogP contribution is -2.07. The van der Waals surface area contributed by atoms with Crippen molar-refractivity contribution < 1.29 is 0 Å². The summed E-state index contributed by atoms with van der Waals surface area (Å²) in [5.41, 5.74) is 5.32. The number of aromatic nitrogens is 1. The van der Waals surface area contributed by atoms with E-state index in [4.69, 9.17) is 0 Å². The summed E-state index contributed by atoms with van der Waals surface area (Å²) in [6.45, 7) is 0.918. The first-order chi connectivity index (χ1) is 9.36. The Hall–Kier alpha value is -2.06. The minimum absolute atomic E-state index is 0.918. The third-order valence-electron chi connectivity index (χ3n) is 3.50. The number of aromatic amines is 1. The van der Waals surface area contributed by atoms with Gasteiger partial charge in [-0.15, -0.1) is 0 Å². The summed E-state index contributed by atoms with van der Waals surface area (Å²) in [6, 6.07) is 17.4. The van der Waals surface area contributed by atoms with Gasteiger partial charge in [0.1, 0.15) is 0 Å². The van der Waals surface area contributed by atoms with E-state index in [1.54, 1.807) is 0 Å². The zero-order chi connectivity index (χ0) is 13.1. The molecule has 0 bridgehead atoms. The molecule has 3 aromatic rings. The minimum atomic E-state index is 0.918. The van der Waals surface area contributed by atoms with E-state index in [0.717, 1.165) is 13.0 Å². The van der Waals surface area contributed by atoms with Gasteiger partial charge in [0.25, 0.3) is 0 Å². The second kappa shape index (κ2) is 5.29. The number of hydrogen-bond acceptors (Lipinski definition) is 1. The fourth-order valence-corrected chi connectivity index (χ4v) is 2.52. The summed E-state index contributed by atoms with van der Waals surface area (Å²) in [5.74, 6) is 0. The second-order valence-electron chi connectivity index (χ2n) is 4.88. The number of fused-ring (bicyclic) bond motifs is 1. The third kappa shape index (κ3) is 2.54. The van der Waals surface area contributed by atoms with Crippen LogP contribution in [0.5, 0.6) is 0 Å². The van der Waals surface area contributed by atoms with E-state index in [1.807, 2.05) is 13.2 Å². The summed E-state index contributed by atoms with van der Waals surface area (Å²) in [7, 11) is 1.99. The van der Waals surface area contributed by atoms with E-state index in [9.17, 15) is 0 Å². The Labute approximate surface area is 113 Å².